The summed E-state index contributed by atoms with van der Waals surface area (Å²) < 4.78 is 0. The number of carboxylic acid groups (broad SMARTS) is 1. The predicted molar refractivity (Wildman–Crippen MR) is 159 cm³/mol. The number of rotatable bonds is 5. The lowest BCUT2D eigenvalue weighted by Gasteiger charge is -2.11. The van der Waals surface area contributed by atoms with Crippen LogP contribution < -0.4 is 5.32 Å². The maximum Gasteiger partial charge on any atom is 0.322 e. The van der Waals surface area contributed by atoms with E-state index in [1.165, 1.54) is 6.20 Å². The van der Waals surface area contributed by atoms with Gasteiger partial charge in [0.2, 0.25) is 0 Å². The van der Waals surface area contributed by atoms with Crippen molar-refractivity contribution in [3.8, 4) is 39.6 Å². The molecule has 0 unspecified atom stereocenters. The minimum Gasteiger partial charge on any atom is -0.505 e. The molecule has 0 aliphatic carbocycles. The van der Waals surface area contributed by atoms with Crippen LogP contribution in [0.25, 0.3) is 43.8 Å². The van der Waals surface area contributed by atoms with Gasteiger partial charge in [-0.25, -0.2) is 9.97 Å². The number of fused-ring (bicyclic) bond motifs is 2. The molecular formula is C33H25N3O6. The summed E-state index contributed by atoms with van der Waals surface area (Å²) in [5.74, 6) is -2.69. The van der Waals surface area contributed by atoms with Gasteiger partial charge in [-0.05, 0) is 22.3 Å². The van der Waals surface area contributed by atoms with Crippen LogP contribution in [0.5, 0.6) is 17.4 Å². The third-order valence-electron chi connectivity index (χ3n) is 6.56. The molecule has 0 atom stereocenters. The van der Waals surface area contributed by atoms with Gasteiger partial charge in [-0.15, -0.1) is 0 Å². The average Bonchev–Trinajstić information content (AvgIpc) is 3.02. The van der Waals surface area contributed by atoms with E-state index in [1.807, 2.05) is 84.9 Å². The lowest BCUT2D eigenvalue weighted by molar-refractivity contribution is -0.135. The molecule has 0 radical (unpaired) electrons. The lowest BCUT2D eigenvalue weighted by atomic mass is 9.98. The van der Waals surface area contributed by atoms with Crippen molar-refractivity contribution in [2.75, 3.05) is 6.54 Å². The first kappa shape index (κ1) is 27.6. The molecule has 2 aromatic heterocycles. The summed E-state index contributed by atoms with van der Waals surface area (Å²) in [5, 5.41) is 43.2. The Bertz CT molecular complexity index is 1910. The molecule has 2 heterocycles. The first-order valence-electron chi connectivity index (χ1n) is 12.9. The summed E-state index contributed by atoms with van der Waals surface area (Å²) in [7, 11) is 0. The van der Waals surface area contributed by atoms with Gasteiger partial charge in [0, 0.05) is 33.9 Å². The van der Waals surface area contributed by atoms with Crippen molar-refractivity contribution in [2.24, 2.45) is 0 Å². The summed E-state index contributed by atoms with van der Waals surface area (Å²) >= 11 is 0. The van der Waals surface area contributed by atoms with Crippen molar-refractivity contribution in [1.29, 1.82) is 0 Å². The lowest BCUT2D eigenvalue weighted by Crippen LogP contribution is -2.29. The number of carbonyl (C=O) groups is 2. The Morgan fingerprint density at radius 2 is 1.26 bits per heavy atom. The Labute approximate surface area is 240 Å². The van der Waals surface area contributed by atoms with Gasteiger partial charge in [0.25, 0.3) is 11.8 Å². The second-order valence-corrected chi connectivity index (χ2v) is 9.23. The standard InChI is InChI=1S/C18H14N2O4.C15H11NO2/c21-14(22)10-20-18(24)16-17(23)15-12(9-19-16)7-4-8-13(15)11-5-2-1-3-6-11;17-14-12-8-4-7-11(10-5-2-1-3-6-10)13(12)9-16-15(14)18/h1-9,23H,10H2,(H,20,24)(H,21,22);1-9,17H,(H,16,18). The highest BCUT2D eigenvalue weighted by molar-refractivity contribution is 6.07. The maximum absolute atomic E-state index is 12.1. The number of hydrogen-bond acceptors (Lipinski definition) is 7. The molecule has 0 fully saturated rings. The van der Waals surface area contributed by atoms with Gasteiger partial charge >= 0.3 is 5.97 Å². The fraction of sp³-hybridized carbons (Fsp3) is 0.0303. The zero-order valence-corrected chi connectivity index (χ0v) is 22.1. The van der Waals surface area contributed by atoms with Gasteiger partial charge in [0.05, 0.1) is 0 Å². The van der Waals surface area contributed by atoms with Gasteiger partial charge in [0.1, 0.15) is 6.54 Å². The number of aliphatic carboxylic acids is 1. The maximum atomic E-state index is 12.1. The number of amides is 1. The number of nitrogens with zero attached hydrogens (tertiary/aromatic N) is 2. The van der Waals surface area contributed by atoms with Crippen LogP contribution in [0, 0.1) is 0 Å². The monoisotopic (exact) mass is 559 g/mol. The van der Waals surface area contributed by atoms with E-state index in [0.29, 0.717) is 16.2 Å². The van der Waals surface area contributed by atoms with Crippen molar-refractivity contribution in [3.05, 3.63) is 115 Å². The Balaban J connectivity index is 0.000000175. The summed E-state index contributed by atoms with van der Waals surface area (Å²) in [6.07, 6.45) is 3.06. The third-order valence-corrected chi connectivity index (χ3v) is 6.56. The first-order chi connectivity index (χ1) is 20.3. The molecule has 9 nitrogen and oxygen atoms in total. The summed E-state index contributed by atoms with van der Waals surface area (Å²) in [6.45, 7) is -0.543. The number of nitrogens with one attached hydrogen (secondary N) is 1. The van der Waals surface area contributed by atoms with Gasteiger partial charge in [-0.3, -0.25) is 9.59 Å². The van der Waals surface area contributed by atoms with E-state index in [9.17, 15) is 24.9 Å². The molecule has 6 rings (SSSR count). The molecule has 9 heteroatoms. The largest absolute Gasteiger partial charge is 0.505 e. The molecule has 5 N–H and O–H groups in total. The van der Waals surface area contributed by atoms with Crippen LogP contribution >= 0.6 is 0 Å². The normalized spacial score (nSPS) is 10.6. The van der Waals surface area contributed by atoms with E-state index in [2.05, 4.69) is 15.3 Å². The smallest absolute Gasteiger partial charge is 0.322 e. The zero-order chi connectivity index (χ0) is 29.6. The topological polar surface area (TPSA) is 153 Å². The fourth-order valence-electron chi connectivity index (χ4n) is 4.61. The molecule has 0 bridgehead atoms. The van der Waals surface area contributed by atoms with Crippen molar-refractivity contribution in [3.63, 3.8) is 0 Å². The highest BCUT2D eigenvalue weighted by Gasteiger charge is 2.18. The summed E-state index contributed by atoms with van der Waals surface area (Å²) in [4.78, 5) is 30.4. The highest BCUT2D eigenvalue weighted by Crippen LogP contribution is 2.37. The van der Waals surface area contributed by atoms with Crippen molar-refractivity contribution in [1.82, 2.24) is 15.3 Å². The fourth-order valence-corrected chi connectivity index (χ4v) is 4.61. The predicted octanol–water partition coefficient (Wildman–Crippen LogP) is 5.73. The number of aromatic nitrogens is 2. The molecule has 208 valence electrons. The molecule has 6 aromatic rings. The van der Waals surface area contributed by atoms with Gasteiger partial charge in [-0.2, -0.15) is 0 Å². The number of aromatic hydroxyl groups is 3. The van der Waals surface area contributed by atoms with Crippen LogP contribution in [-0.4, -0.2) is 48.8 Å². The molecule has 0 saturated carbocycles. The number of hydrogen-bond donors (Lipinski definition) is 5. The third kappa shape index (κ3) is 5.66. The van der Waals surface area contributed by atoms with E-state index in [-0.39, 0.29) is 23.1 Å². The van der Waals surface area contributed by atoms with Crippen LogP contribution in [0.1, 0.15) is 10.5 Å². The van der Waals surface area contributed by atoms with Gasteiger partial charge in [0.15, 0.2) is 17.2 Å². The Morgan fingerprint density at radius 3 is 1.93 bits per heavy atom. The molecule has 0 saturated heterocycles. The van der Waals surface area contributed by atoms with Crippen molar-refractivity contribution < 1.29 is 30.0 Å². The van der Waals surface area contributed by atoms with E-state index < -0.39 is 18.4 Å². The molecule has 42 heavy (non-hydrogen) atoms. The zero-order valence-electron chi connectivity index (χ0n) is 22.1. The first-order valence-corrected chi connectivity index (χ1v) is 12.9. The van der Waals surface area contributed by atoms with Crippen LogP contribution in [0.15, 0.2) is 109 Å². The minimum absolute atomic E-state index is 0.176. The number of pyridine rings is 2. The summed E-state index contributed by atoms with van der Waals surface area (Å²) in [5.41, 5.74) is 3.49. The average molecular weight is 560 g/mol. The second kappa shape index (κ2) is 12.1. The molecular weight excluding hydrogens is 534 g/mol. The molecule has 0 aliphatic rings. The molecule has 0 spiro atoms. The number of benzene rings is 4. The van der Waals surface area contributed by atoms with E-state index >= 15 is 0 Å². The minimum atomic E-state index is -1.17. The second-order valence-electron chi connectivity index (χ2n) is 9.23. The van der Waals surface area contributed by atoms with Crippen molar-refractivity contribution >= 4 is 33.4 Å². The van der Waals surface area contributed by atoms with Crippen LogP contribution in [-0.2, 0) is 4.79 Å². The summed E-state index contributed by atoms with van der Waals surface area (Å²) in [6, 6.07) is 30.4. The van der Waals surface area contributed by atoms with E-state index in [4.69, 9.17) is 5.11 Å². The molecule has 4 aromatic carbocycles. The number of carboxylic acids is 1. The van der Waals surface area contributed by atoms with Crippen LogP contribution in [0.2, 0.25) is 0 Å². The highest BCUT2D eigenvalue weighted by atomic mass is 16.4. The van der Waals surface area contributed by atoms with Crippen LogP contribution in [0.3, 0.4) is 0 Å². The Kier molecular flexibility index (Phi) is 7.92. The van der Waals surface area contributed by atoms with Gasteiger partial charge in [-0.1, -0.05) is 97.1 Å². The van der Waals surface area contributed by atoms with Gasteiger partial charge < -0.3 is 25.7 Å². The van der Waals surface area contributed by atoms with E-state index in [0.717, 1.165) is 27.6 Å². The number of carbonyl (C=O) groups excluding carboxylic acids is 1. The SMILES string of the molecule is O=C(O)CNC(=O)c1ncc2cccc(-c3ccccc3)c2c1O.Oc1ncc2c(-c3ccccc3)cccc2c1O. The Hall–Kier alpha value is -5.96. The Morgan fingerprint density at radius 1 is 0.643 bits per heavy atom. The van der Waals surface area contributed by atoms with E-state index in [1.54, 1.807) is 18.3 Å². The molecule has 1 amide bonds. The quantitative estimate of drug-likeness (QED) is 0.179. The van der Waals surface area contributed by atoms with Crippen molar-refractivity contribution in [2.45, 2.75) is 0 Å². The molecule has 0 aliphatic heterocycles. The van der Waals surface area contributed by atoms with Crippen LogP contribution in [0.4, 0.5) is 0 Å².